The van der Waals surface area contributed by atoms with Crippen LogP contribution < -0.4 is 15.4 Å². The Morgan fingerprint density at radius 3 is 2.65 bits per heavy atom. The van der Waals surface area contributed by atoms with Gasteiger partial charge in [0.25, 0.3) is 11.8 Å². The molecule has 0 heterocycles. The van der Waals surface area contributed by atoms with Crippen molar-refractivity contribution in [1.82, 2.24) is 5.32 Å². The van der Waals surface area contributed by atoms with E-state index in [1.165, 1.54) is 0 Å². The minimum Gasteiger partial charge on any atom is -0.484 e. The van der Waals surface area contributed by atoms with E-state index in [-0.39, 0.29) is 18.4 Å². The number of hydrogen-bond donors (Lipinski definition) is 2. The lowest BCUT2D eigenvalue weighted by atomic mass is 10.1. The van der Waals surface area contributed by atoms with Gasteiger partial charge in [0.2, 0.25) is 0 Å². The third-order valence-corrected chi connectivity index (χ3v) is 3.18. The molecule has 2 aromatic carbocycles. The number of carbonyl (C=O) groups excluding carboxylic acids is 2. The summed E-state index contributed by atoms with van der Waals surface area (Å²) in [5.74, 6) is -0.0921. The second kappa shape index (κ2) is 8.19. The molecule has 0 radical (unpaired) electrons. The average molecular weight is 333 g/mol. The fourth-order valence-electron chi connectivity index (χ4n) is 1.94. The Balaban J connectivity index is 1.99. The molecular weight excluding hydrogens is 316 g/mol. The SMILES string of the molecule is CCNC(=O)c1ccccc1NC(=O)COc1cccc(Cl)c1. The summed E-state index contributed by atoms with van der Waals surface area (Å²) in [4.78, 5) is 24.0. The van der Waals surface area contributed by atoms with E-state index < -0.39 is 0 Å². The van der Waals surface area contributed by atoms with E-state index in [9.17, 15) is 9.59 Å². The molecule has 0 atom stereocenters. The Kier molecular flexibility index (Phi) is 6.00. The van der Waals surface area contributed by atoms with Crippen LogP contribution in [0, 0.1) is 0 Å². The molecule has 2 rings (SSSR count). The number of amides is 2. The van der Waals surface area contributed by atoms with Crippen molar-refractivity contribution in [2.45, 2.75) is 6.92 Å². The molecule has 0 spiro atoms. The zero-order valence-electron chi connectivity index (χ0n) is 12.6. The molecule has 0 aliphatic carbocycles. The normalized spacial score (nSPS) is 10.0. The van der Waals surface area contributed by atoms with Gasteiger partial charge in [0.05, 0.1) is 11.3 Å². The largest absolute Gasteiger partial charge is 0.484 e. The molecule has 2 amide bonds. The predicted octanol–water partition coefficient (Wildman–Crippen LogP) is 3.11. The highest BCUT2D eigenvalue weighted by Gasteiger charge is 2.12. The zero-order valence-corrected chi connectivity index (χ0v) is 13.4. The van der Waals surface area contributed by atoms with Gasteiger partial charge in [0, 0.05) is 11.6 Å². The molecule has 2 aromatic rings. The van der Waals surface area contributed by atoms with Crippen LogP contribution >= 0.6 is 11.6 Å². The second-order valence-electron chi connectivity index (χ2n) is 4.70. The highest BCUT2D eigenvalue weighted by Crippen LogP contribution is 2.18. The van der Waals surface area contributed by atoms with Crippen LogP contribution in [0.4, 0.5) is 5.69 Å². The average Bonchev–Trinajstić information content (AvgIpc) is 2.54. The molecule has 0 aromatic heterocycles. The van der Waals surface area contributed by atoms with Crippen molar-refractivity contribution in [2.24, 2.45) is 0 Å². The summed E-state index contributed by atoms with van der Waals surface area (Å²) in [6.45, 7) is 2.17. The van der Waals surface area contributed by atoms with Gasteiger partial charge in [-0.3, -0.25) is 9.59 Å². The Morgan fingerprint density at radius 2 is 1.91 bits per heavy atom. The Morgan fingerprint density at radius 1 is 1.13 bits per heavy atom. The van der Waals surface area contributed by atoms with E-state index in [2.05, 4.69) is 10.6 Å². The Hall–Kier alpha value is -2.53. The van der Waals surface area contributed by atoms with Gasteiger partial charge in [-0.05, 0) is 37.3 Å². The molecule has 0 bridgehead atoms. The minimum atomic E-state index is -0.360. The number of halogens is 1. The lowest BCUT2D eigenvalue weighted by Gasteiger charge is -2.11. The first-order valence-electron chi connectivity index (χ1n) is 7.15. The molecule has 120 valence electrons. The topological polar surface area (TPSA) is 67.4 Å². The first-order valence-corrected chi connectivity index (χ1v) is 7.53. The van der Waals surface area contributed by atoms with Gasteiger partial charge in [-0.15, -0.1) is 0 Å². The van der Waals surface area contributed by atoms with Crippen molar-refractivity contribution in [3.05, 3.63) is 59.1 Å². The third kappa shape index (κ3) is 5.00. The maximum atomic E-state index is 12.0. The van der Waals surface area contributed by atoms with Crippen LogP contribution in [0.15, 0.2) is 48.5 Å². The fraction of sp³-hybridized carbons (Fsp3) is 0.176. The van der Waals surface area contributed by atoms with E-state index in [0.29, 0.717) is 28.6 Å². The summed E-state index contributed by atoms with van der Waals surface area (Å²) in [6.07, 6.45) is 0. The quantitative estimate of drug-likeness (QED) is 0.854. The summed E-state index contributed by atoms with van der Waals surface area (Å²) in [5.41, 5.74) is 0.851. The number of benzene rings is 2. The molecule has 23 heavy (non-hydrogen) atoms. The number of nitrogens with one attached hydrogen (secondary N) is 2. The van der Waals surface area contributed by atoms with Crippen LogP contribution in [0.1, 0.15) is 17.3 Å². The highest BCUT2D eigenvalue weighted by atomic mass is 35.5. The second-order valence-corrected chi connectivity index (χ2v) is 5.14. The molecule has 0 saturated heterocycles. The summed E-state index contributed by atoms with van der Waals surface area (Å²) in [7, 11) is 0. The summed E-state index contributed by atoms with van der Waals surface area (Å²) < 4.78 is 5.37. The molecule has 5 nitrogen and oxygen atoms in total. The lowest BCUT2D eigenvalue weighted by Crippen LogP contribution is -2.26. The van der Waals surface area contributed by atoms with Crippen molar-refractivity contribution >= 4 is 29.1 Å². The molecule has 0 saturated carbocycles. The fourth-order valence-corrected chi connectivity index (χ4v) is 2.12. The van der Waals surface area contributed by atoms with Gasteiger partial charge in [0.15, 0.2) is 6.61 Å². The Bertz CT molecular complexity index is 704. The van der Waals surface area contributed by atoms with Crippen LogP contribution in [0.5, 0.6) is 5.75 Å². The number of rotatable bonds is 6. The standard InChI is InChI=1S/C17H17ClN2O3/c1-2-19-17(22)14-8-3-4-9-15(14)20-16(21)11-23-13-7-5-6-12(18)10-13/h3-10H,2,11H2,1H3,(H,19,22)(H,20,21). The molecular formula is C17H17ClN2O3. The van der Waals surface area contributed by atoms with Gasteiger partial charge in [-0.1, -0.05) is 29.8 Å². The van der Waals surface area contributed by atoms with Crippen LogP contribution in [-0.4, -0.2) is 25.0 Å². The number of carbonyl (C=O) groups is 2. The van der Waals surface area contributed by atoms with Crippen LogP contribution in [-0.2, 0) is 4.79 Å². The maximum absolute atomic E-state index is 12.0. The summed E-state index contributed by atoms with van der Waals surface area (Å²) >= 11 is 5.85. The van der Waals surface area contributed by atoms with Crippen molar-refractivity contribution in [1.29, 1.82) is 0 Å². The summed E-state index contributed by atoms with van der Waals surface area (Å²) in [5, 5.41) is 5.91. The molecule has 0 unspecified atom stereocenters. The molecule has 6 heteroatoms. The van der Waals surface area contributed by atoms with E-state index >= 15 is 0 Å². The van der Waals surface area contributed by atoms with Crippen molar-refractivity contribution in [3.63, 3.8) is 0 Å². The monoisotopic (exact) mass is 332 g/mol. The molecule has 0 fully saturated rings. The zero-order chi connectivity index (χ0) is 16.7. The van der Waals surface area contributed by atoms with Crippen molar-refractivity contribution in [2.75, 3.05) is 18.5 Å². The van der Waals surface area contributed by atoms with Gasteiger partial charge in [-0.25, -0.2) is 0 Å². The van der Waals surface area contributed by atoms with E-state index in [1.807, 2.05) is 6.92 Å². The van der Waals surface area contributed by atoms with E-state index in [1.54, 1.807) is 48.5 Å². The third-order valence-electron chi connectivity index (χ3n) is 2.95. The first kappa shape index (κ1) is 16.8. The van der Waals surface area contributed by atoms with Gasteiger partial charge in [0.1, 0.15) is 5.75 Å². The first-order chi connectivity index (χ1) is 11.1. The van der Waals surface area contributed by atoms with Crippen LogP contribution in [0.2, 0.25) is 5.02 Å². The number of hydrogen-bond acceptors (Lipinski definition) is 3. The van der Waals surface area contributed by atoms with Crippen molar-refractivity contribution in [3.8, 4) is 5.75 Å². The number of ether oxygens (including phenoxy) is 1. The van der Waals surface area contributed by atoms with Gasteiger partial charge >= 0.3 is 0 Å². The van der Waals surface area contributed by atoms with Crippen molar-refractivity contribution < 1.29 is 14.3 Å². The lowest BCUT2D eigenvalue weighted by molar-refractivity contribution is -0.118. The maximum Gasteiger partial charge on any atom is 0.262 e. The summed E-state index contributed by atoms with van der Waals surface area (Å²) in [6, 6.07) is 13.6. The Labute approximate surface area is 139 Å². The highest BCUT2D eigenvalue weighted by molar-refractivity contribution is 6.30. The number of anilines is 1. The van der Waals surface area contributed by atoms with Gasteiger partial charge in [-0.2, -0.15) is 0 Å². The van der Waals surface area contributed by atoms with Gasteiger partial charge < -0.3 is 15.4 Å². The molecule has 2 N–H and O–H groups in total. The molecule has 0 aliphatic rings. The number of para-hydroxylation sites is 1. The van der Waals surface area contributed by atoms with Crippen LogP contribution in [0.25, 0.3) is 0 Å². The smallest absolute Gasteiger partial charge is 0.262 e. The molecule has 0 aliphatic heterocycles. The predicted molar refractivity (Wildman–Crippen MR) is 90.0 cm³/mol. The van der Waals surface area contributed by atoms with E-state index in [0.717, 1.165) is 0 Å². The minimum absolute atomic E-state index is 0.177. The van der Waals surface area contributed by atoms with Crippen LogP contribution in [0.3, 0.4) is 0 Å². The van der Waals surface area contributed by atoms with E-state index in [4.69, 9.17) is 16.3 Å².